The van der Waals surface area contributed by atoms with E-state index in [4.69, 9.17) is 0 Å². The van der Waals surface area contributed by atoms with Crippen LogP contribution in [0.4, 0.5) is 10.5 Å². The first kappa shape index (κ1) is 12.6. The van der Waals surface area contributed by atoms with Crippen LogP contribution in [0.5, 0.6) is 0 Å². The zero-order valence-corrected chi connectivity index (χ0v) is 10.8. The third-order valence-electron chi connectivity index (χ3n) is 3.74. The van der Waals surface area contributed by atoms with Crippen molar-refractivity contribution in [2.24, 2.45) is 0 Å². The van der Waals surface area contributed by atoms with E-state index in [2.05, 4.69) is 0 Å². The van der Waals surface area contributed by atoms with Crippen LogP contribution in [0.25, 0.3) is 0 Å². The molecule has 20 heavy (non-hydrogen) atoms. The van der Waals surface area contributed by atoms with E-state index in [0.29, 0.717) is 0 Å². The Morgan fingerprint density at radius 3 is 2.50 bits per heavy atom. The van der Waals surface area contributed by atoms with Gasteiger partial charge in [0, 0.05) is 24.8 Å². The average molecular weight is 275 g/mol. The molecule has 1 fully saturated rings. The third kappa shape index (κ3) is 1.60. The summed E-state index contributed by atoms with van der Waals surface area (Å²) in [4.78, 5) is 36.8. The van der Waals surface area contributed by atoms with Gasteiger partial charge < -0.3 is 10.0 Å². The summed E-state index contributed by atoms with van der Waals surface area (Å²) >= 11 is 0. The Labute approximate surface area is 114 Å². The Balaban J connectivity index is 2.06. The summed E-state index contributed by atoms with van der Waals surface area (Å²) in [7, 11) is 1.94. The summed E-state index contributed by atoms with van der Waals surface area (Å²) in [5.41, 5.74) is -0.251. The molecule has 0 aliphatic carbocycles. The second kappa shape index (κ2) is 4.04. The topological polar surface area (TPSA) is 98.7 Å². The maximum absolute atomic E-state index is 11.8. The van der Waals surface area contributed by atoms with Crippen molar-refractivity contribution in [2.75, 3.05) is 18.5 Å². The highest BCUT2D eigenvalue weighted by molar-refractivity contribution is 6.21. The molecule has 0 bridgehead atoms. The number of amides is 4. The number of imide groups is 2. The van der Waals surface area contributed by atoms with E-state index in [-0.39, 0.29) is 5.56 Å². The molecule has 2 aliphatic rings. The average Bonchev–Trinajstić information content (AvgIpc) is 2.77. The summed E-state index contributed by atoms with van der Waals surface area (Å²) in [5, 5.41) is 14.2. The van der Waals surface area contributed by atoms with E-state index in [1.54, 1.807) is 12.1 Å². The minimum atomic E-state index is -2.37. The molecule has 1 aromatic rings. The molecule has 3 N–H and O–H groups in total. The molecule has 7 nitrogen and oxygen atoms in total. The minimum Gasteiger partial charge on any atom is -0.374 e. The van der Waals surface area contributed by atoms with Gasteiger partial charge in [-0.1, -0.05) is 6.07 Å². The predicted octanol–water partition coefficient (Wildman–Crippen LogP) is -0.767. The fourth-order valence-electron chi connectivity index (χ4n) is 2.58. The molecule has 0 unspecified atom stereocenters. The van der Waals surface area contributed by atoms with Gasteiger partial charge in [-0.15, -0.1) is 0 Å². The van der Waals surface area contributed by atoms with Crippen molar-refractivity contribution in [1.82, 2.24) is 10.6 Å². The van der Waals surface area contributed by atoms with E-state index in [0.717, 1.165) is 24.2 Å². The van der Waals surface area contributed by atoms with Crippen LogP contribution in [-0.4, -0.2) is 36.5 Å². The zero-order valence-electron chi connectivity index (χ0n) is 10.8. The SMILES string of the molecule is CN1CCc2cc(C3(O)C(=O)NC(=O)NC3=O)ccc21. The van der Waals surface area contributed by atoms with Crippen molar-refractivity contribution in [3.63, 3.8) is 0 Å². The number of anilines is 1. The van der Waals surface area contributed by atoms with Gasteiger partial charge in [-0.2, -0.15) is 0 Å². The Kier molecular flexibility index (Phi) is 2.55. The van der Waals surface area contributed by atoms with Crippen LogP contribution in [0.1, 0.15) is 11.1 Å². The van der Waals surface area contributed by atoms with Gasteiger partial charge in [0.15, 0.2) is 0 Å². The lowest BCUT2D eigenvalue weighted by Crippen LogP contribution is -2.64. The number of nitrogens with zero attached hydrogens (tertiary/aromatic N) is 1. The van der Waals surface area contributed by atoms with Crippen LogP contribution in [0, 0.1) is 0 Å². The van der Waals surface area contributed by atoms with Crippen molar-refractivity contribution in [3.8, 4) is 0 Å². The number of rotatable bonds is 1. The molecule has 7 heteroatoms. The lowest BCUT2D eigenvalue weighted by molar-refractivity contribution is -0.155. The quantitative estimate of drug-likeness (QED) is 0.585. The van der Waals surface area contributed by atoms with Gasteiger partial charge in [-0.25, -0.2) is 4.79 Å². The number of barbiturate groups is 1. The number of fused-ring (bicyclic) bond motifs is 1. The molecule has 0 aromatic heterocycles. The summed E-state index contributed by atoms with van der Waals surface area (Å²) in [5.74, 6) is -2.06. The maximum atomic E-state index is 11.8. The van der Waals surface area contributed by atoms with Gasteiger partial charge in [0.25, 0.3) is 11.8 Å². The lowest BCUT2D eigenvalue weighted by Gasteiger charge is -2.29. The largest absolute Gasteiger partial charge is 0.374 e. The smallest absolute Gasteiger partial charge is 0.328 e. The highest BCUT2D eigenvalue weighted by Crippen LogP contribution is 2.32. The predicted molar refractivity (Wildman–Crippen MR) is 69.0 cm³/mol. The molecule has 2 aliphatic heterocycles. The second-order valence-corrected chi connectivity index (χ2v) is 4.96. The third-order valence-corrected chi connectivity index (χ3v) is 3.74. The number of likely N-dealkylation sites (N-methyl/N-ethyl adjacent to an activating group) is 1. The maximum Gasteiger partial charge on any atom is 0.328 e. The second-order valence-electron chi connectivity index (χ2n) is 4.96. The van der Waals surface area contributed by atoms with Crippen molar-refractivity contribution in [1.29, 1.82) is 0 Å². The van der Waals surface area contributed by atoms with Crippen LogP contribution in [0.3, 0.4) is 0 Å². The standard InChI is InChI=1S/C13H13N3O4/c1-16-5-4-7-6-8(2-3-9(7)16)13(20)10(17)14-12(19)15-11(13)18/h2-3,6,20H,4-5H2,1H3,(H2,14,15,17,18,19). The fraction of sp³-hybridized carbons (Fsp3) is 0.308. The lowest BCUT2D eigenvalue weighted by atomic mass is 9.89. The van der Waals surface area contributed by atoms with E-state index in [1.165, 1.54) is 6.07 Å². The number of carbonyl (C=O) groups excluding carboxylic acids is 3. The number of hydrogen-bond acceptors (Lipinski definition) is 5. The van der Waals surface area contributed by atoms with Crippen LogP contribution >= 0.6 is 0 Å². The molecule has 1 saturated heterocycles. The molecule has 104 valence electrons. The van der Waals surface area contributed by atoms with Gasteiger partial charge in [0.2, 0.25) is 5.60 Å². The monoisotopic (exact) mass is 275 g/mol. The molecule has 3 rings (SSSR count). The van der Waals surface area contributed by atoms with Crippen molar-refractivity contribution in [2.45, 2.75) is 12.0 Å². The summed E-state index contributed by atoms with van der Waals surface area (Å²) < 4.78 is 0. The van der Waals surface area contributed by atoms with Crippen LogP contribution in [-0.2, 0) is 21.6 Å². The van der Waals surface area contributed by atoms with Gasteiger partial charge in [0.1, 0.15) is 0 Å². The number of urea groups is 1. The number of aliphatic hydroxyl groups is 1. The molecular formula is C13H13N3O4. The van der Waals surface area contributed by atoms with E-state index in [1.807, 2.05) is 22.6 Å². The first-order valence-electron chi connectivity index (χ1n) is 6.16. The normalized spacial score (nSPS) is 20.5. The van der Waals surface area contributed by atoms with Gasteiger partial charge in [-0.05, 0) is 24.1 Å². The molecule has 2 heterocycles. The Morgan fingerprint density at radius 1 is 1.20 bits per heavy atom. The van der Waals surface area contributed by atoms with Gasteiger partial charge in [0.05, 0.1) is 0 Å². The van der Waals surface area contributed by atoms with E-state index in [9.17, 15) is 19.5 Å². The van der Waals surface area contributed by atoms with Crippen molar-refractivity contribution >= 4 is 23.5 Å². The van der Waals surface area contributed by atoms with Crippen LogP contribution in [0.2, 0.25) is 0 Å². The fourth-order valence-corrected chi connectivity index (χ4v) is 2.58. The van der Waals surface area contributed by atoms with Gasteiger partial charge >= 0.3 is 6.03 Å². The highest BCUT2D eigenvalue weighted by atomic mass is 16.3. The Bertz CT molecular complexity index is 621. The highest BCUT2D eigenvalue weighted by Gasteiger charge is 2.50. The number of hydrogen-bond donors (Lipinski definition) is 3. The first-order chi connectivity index (χ1) is 9.42. The van der Waals surface area contributed by atoms with Crippen molar-refractivity contribution in [3.05, 3.63) is 29.3 Å². The number of nitrogens with one attached hydrogen (secondary N) is 2. The molecule has 0 saturated carbocycles. The molecule has 1 aromatic carbocycles. The van der Waals surface area contributed by atoms with Gasteiger partial charge in [-0.3, -0.25) is 20.2 Å². The van der Waals surface area contributed by atoms with E-state index >= 15 is 0 Å². The van der Waals surface area contributed by atoms with E-state index < -0.39 is 23.4 Å². The number of benzene rings is 1. The van der Waals surface area contributed by atoms with Crippen LogP contribution < -0.4 is 15.5 Å². The molecule has 4 amide bonds. The Hall–Kier alpha value is -2.41. The molecule has 0 radical (unpaired) electrons. The molecule has 0 spiro atoms. The summed E-state index contributed by atoms with van der Waals surface area (Å²) in [6, 6.07) is 3.99. The zero-order chi connectivity index (χ0) is 14.5. The minimum absolute atomic E-state index is 0.161. The Morgan fingerprint density at radius 2 is 1.85 bits per heavy atom. The van der Waals surface area contributed by atoms with Crippen molar-refractivity contribution < 1.29 is 19.5 Å². The number of carbonyl (C=O) groups is 3. The molecular weight excluding hydrogens is 262 g/mol. The molecule has 0 atom stereocenters. The summed E-state index contributed by atoms with van der Waals surface area (Å²) in [6.45, 7) is 0.841. The first-order valence-corrected chi connectivity index (χ1v) is 6.16. The van der Waals surface area contributed by atoms with Crippen LogP contribution in [0.15, 0.2) is 18.2 Å². The summed E-state index contributed by atoms with van der Waals surface area (Å²) in [6.07, 6.45) is 0.776.